The van der Waals surface area contributed by atoms with Crippen molar-refractivity contribution in [2.24, 2.45) is 0 Å². The first kappa shape index (κ1) is 14.4. The van der Waals surface area contributed by atoms with E-state index in [0.717, 1.165) is 24.4 Å². The third-order valence-electron chi connectivity index (χ3n) is 2.90. The average molecular weight is 251 g/mol. The van der Waals surface area contributed by atoms with Crippen molar-refractivity contribution >= 4 is 11.7 Å². The number of hydrogen-bond donors (Lipinski definition) is 1. The number of benzene rings is 1. The molecule has 0 aliphatic rings. The van der Waals surface area contributed by atoms with E-state index in [-0.39, 0.29) is 0 Å². The first-order valence-corrected chi connectivity index (χ1v) is 6.27. The number of methoxy groups -OCH3 is 1. The average Bonchev–Trinajstić information content (AvgIpc) is 2.38. The Morgan fingerprint density at radius 3 is 2.67 bits per heavy atom. The summed E-state index contributed by atoms with van der Waals surface area (Å²) in [6.07, 6.45) is 1.48. The van der Waals surface area contributed by atoms with Crippen LogP contribution in [-0.2, 0) is 4.79 Å². The number of hydrogen-bond acceptors (Lipinski definition) is 3. The zero-order chi connectivity index (χ0) is 13.5. The lowest BCUT2D eigenvalue weighted by Crippen LogP contribution is -2.41. The largest absolute Gasteiger partial charge is 0.497 e. The molecule has 100 valence electrons. The predicted octanol–water partition coefficient (Wildman–Crippen LogP) is 2.77. The number of ether oxygens (including phenoxy) is 1. The second-order valence-corrected chi connectivity index (χ2v) is 4.16. The van der Waals surface area contributed by atoms with Gasteiger partial charge in [-0.15, -0.1) is 0 Å². The highest BCUT2D eigenvalue weighted by Crippen LogP contribution is 2.24. The second kappa shape index (κ2) is 6.89. The highest BCUT2D eigenvalue weighted by atomic mass is 16.5. The molecule has 0 aliphatic carbocycles. The summed E-state index contributed by atoms with van der Waals surface area (Å²) in [5, 5.41) is 9.29. The quantitative estimate of drug-likeness (QED) is 0.809. The molecule has 18 heavy (non-hydrogen) atoms. The minimum Gasteiger partial charge on any atom is -0.497 e. The van der Waals surface area contributed by atoms with Crippen LogP contribution in [0.5, 0.6) is 5.75 Å². The van der Waals surface area contributed by atoms with Crippen LogP contribution in [-0.4, -0.2) is 30.8 Å². The second-order valence-electron chi connectivity index (χ2n) is 4.16. The monoisotopic (exact) mass is 251 g/mol. The van der Waals surface area contributed by atoms with Gasteiger partial charge >= 0.3 is 5.97 Å². The van der Waals surface area contributed by atoms with Gasteiger partial charge in [0, 0.05) is 18.3 Å². The van der Waals surface area contributed by atoms with E-state index in [1.807, 2.05) is 43.0 Å². The lowest BCUT2D eigenvalue weighted by molar-refractivity contribution is -0.138. The number of rotatable bonds is 7. The van der Waals surface area contributed by atoms with Crippen LogP contribution in [0.15, 0.2) is 24.3 Å². The van der Waals surface area contributed by atoms with Gasteiger partial charge in [0.15, 0.2) is 0 Å². The molecule has 0 radical (unpaired) electrons. The van der Waals surface area contributed by atoms with Crippen LogP contribution in [0.25, 0.3) is 0 Å². The predicted molar refractivity (Wildman–Crippen MR) is 72.3 cm³/mol. The van der Waals surface area contributed by atoms with Crippen LogP contribution in [0, 0.1) is 0 Å². The maximum absolute atomic E-state index is 11.3. The van der Waals surface area contributed by atoms with Gasteiger partial charge in [0.05, 0.1) is 7.11 Å². The van der Waals surface area contributed by atoms with Crippen LogP contribution in [0.2, 0.25) is 0 Å². The minimum absolute atomic E-state index is 0.489. The molecule has 0 heterocycles. The molecule has 1 aromatic rings. The fourth-order valence-electron chi connectivity index (χ4n) is 2.02. The topological polar surface area (TPSA) is 49.8 Å². The van der Waals surface area contributed by atoms with Crippen molar-refractivity contribution in [1.29, 1.82) is 0 Å². The summed E-state index contributed by atoms with van der Waals surface area (Å²) in [4.78, 5) is 13.2. The van der Waals surface area contributed by atoms with E-state index in [1.54, 1.807) is 7.11 Å². The first-order valence-electron chi connectivity index (χ1n) is 6.27. The summed E-state index contributed by atoms with van der Waals surface area (Å²) in [6.45, 7) is 4.65. The molecule has 4 heteroatoms. The van der Waals surface area contributed by atoms with Gasteiger partial charge in [-0.2, -0.15) is 0 Å². The number of nitrogens with zero attached hydrogens (tertiary/aromatic N) is 1. The molecule has 4 nitrogen and oxygen atoms in total. The molecule has 0 unspecified atom stereocenters. The highest BCUT2D eigenvalue weighted by Gasteiger charge is 2.23. The Morgan fingerprint density at radius 1 is 1.44 bits per heavy atom. The zero-order valence-electron chi connectivity index (χ0n) is 11.2. The molecule has 0 spiro atoms. The van der Waals surface area contributed by atoms with E-state index in [4.69, 9.17) is 4.74 Å². The van der Waals surface area contributed by atoms with Gasteiger partial charge in [-0.3, -0.25) is 0 Å². The van der Waals surface area contributed by atoms with E-state index in [2.05, 4.69) is 0 Å². The molecule has 1 atom stereocenters. The molecule has 0 aliphatic heterocycles. The SMILES string of the molecule is CCCN(c1cccc(OC)c1)[C@H](CC)C(=O)O. The van der Waals surface area contributed by atoms with Crippen molar-refractivity contribution in [2.75, 3.05) is 18.6 Å². The van der Waals surface area contributed by atoms with Gasteiger partial charge in [-0.05, 0) is 25.0 Å². The summed E-state index contributed by atoms with van der Waals surface area (Å²) < 4.78 is 5.18. The normalized spacial score (nSPS) is 11.9. The Bertz CT molecular complexity index is 392. The van der Waals surface area contributed by atoms with Crippen molar-refractivity contribution in [3.8, 4) is 5.75 Å². The summed E-state index contributed by atoms with van der Waals surface area (Å²) in [5.74, 6) is -0.0392. The molecular weight excluding hydrogens is 230 g/mol. The Morgan fingerprint density at radius 2 is 2.17 bits per heavy atom. The van der Waals surface area contributed by atoms with Gasteiger partial charge in [0.1, 0.15) is 11.8 Å². The summed E-state index contributed by atoms with van der Waals surface area (Å²) >= 11 is 0. The number of carbonyl (C=O) groups is 1. The molecule has 1 aromatic carbocycles. The van der Waals surface area contributed by atoms with E-state index in [0.29, 0.717) is 6.42 Å². The van der Waals surface area contributed by atoms with E-state index < -0.39 is 12.0 Å². The van der Waals surface area contributed by atoms with Gasteiger partial charge in [-0.25, -0.2) is 4.79 Å². The van der Waals surface area contributed by atoms with Crippen molar-refractivity contribution in [2.45, 2.75) is 32.7 Å². The highest BCUT2D eigenvalue weighted by molar-refractivity contribution is 5.78. The molecular formula is C14H21NO3. The third-order valence-corrected chi connectivity index (χ3v) is 2.90. The maximum atomic E-state index is 11.3. The van der Waals surface area contributed by atoms with Gasteiger partial charge in [0.25, 0.3) is 0 Å². The lowest BCUT2D eigenvalue weighted by Gasteiger charge is -2.30. The maximum Gasteiger partial charge on any atom is 0.326 e. The van der Waals surface area contributed by atoms with Gasteiger partial charge in [-0.1, -0.05) is 19.9 Å². The van der Waals surface area contributed by atoms with E-state index in [9.17, 15) is 9.90 Å². The molecule has 1 N–H and O–H groups in total. The molecule has 0 bridgehead atoms. The molecule has 0 saturated carbocycles. The standard InChI is InChI=1S/C14H21NO3/c1-4-9-15(13(5-2)14(16)17)11-7-6-8-12(10-11)18-3/h6-8,10,13H,4-5,9H2,1-3H3,(H,16,17)/t13-/m1/s1. The Kier molecular flexibility index (Phi) is 5.49. The minimum atomic E-state index is -0.784. The molecule has 1 rings (SSSR count). The van der Waals surface area contributed by atoms with Gasteiger partial charge < -0.3 is 14.7 Å². The van der Waals surface area contributed by atoms with E-state index in [1.165, 1.54) is 0 Å². The van der Waals surface area contributed by atoms with Crippen molar-refractivity contribution in [3.63, 3.8) is 0 Å². The van der Waals surface area contributed by atoms with Crippen LogP contribution >= 0.6 is 0 Å². The Hall–Kier alpha value is -1.71. The van der Waals surface area contributed by atoms with Crippen LogP contribution in [0.4, 0.5) is 5.69 Å². The molecule has 0 fully saturated rings. The summed E-state index contributed by atoms with van der Waals surface area (Å²) in [6, 6.07) is 7.04. The lowest BCUT2D eigenvalue weighted by atomic mass is 10.1. The molecule has 0 amide bonds. The Balaban J connectivity index is 3.05. The first-order chi connectivity index (χ1) is 8.63. The smallest absolute Gasteiger partial charge is 0.326 e. The zero-order valence-corrected chi connectivity index (χ0v) is 11.2. The molecule has 0 aromatic heterocycles. The summed E-state index contributed by atoms with van der Waals surface area (Å²) in [5.41, 5.74) is 0.894. The van der Waals surface area contributed by atoms with Crippen molar-refractivity contribution < 1.29 is 14.6 Å². The van der Waals surface area contributed by atoms with Crippen molar-refractivity contribution in [3.05, 3.63) is 24.3 Å². The number of aliphatic carboxylic acids is 1. The van der Waals surface area contributed by atoms with Crippen molar-refractivity contribution in [1.82, 2.24) is 0 Å². The number of carboxylic acid groups (broad SMARTS) is 1. The van der Waals surface area contributed by atoms with Crippen LogP contribution in [0.1, 0.15) is 26.7 Å². The summed E-state index contributed by atoms with van der Waals surface area (Å²) in [7, 11) is 1.61. The molecule has 0 saturated heterocycles. The van der Waals surface area contributed by atoms with Crippen LogP contribution in [0.3, 0.4) is 0 Å². The third kappa shape index (κ3) is 3.39. The van der Waals surface area contributed by atoms with E-state index >= 15 is 0 Å². The van der Waals surface area contributed by atoms with Gasteiger partial charge in [0.2, 0.25) is 0 Å². The fraction of sp³-hybridized carbons (Fsp3) is 0.500. The Labute approximate surface area is 108 Å². The fourth-order valence-corrected chi connectivity index (χ4v) is 2.02. The number of carboxylic acids is 1. The number of anilines is 1. The van der Waals surface area contributed by atoms with Crippen LogP contribution < -0.4 is 9.64 Å².